The quantitative estimate of drug-likeness (QED) is 0.670. The molecule has 1 amide bonds. The van der Waals surface area contributed by atoms with Crippen LogP contribution in [-0.2, 0) is 9.47 Å². The topological polar surface area (TPSA) is 73.7 Å². The number of likely N-dealkylation sites (tertiary alicyclic amines) is 1. The van der Waals surface area contributed by atoms with E-state index >= 15 is 0 Å². The van der Waals surface area contributed by atoms with Gasteiger partial charge in [-0.15, -0.1) is 0 Å². The van der Waals surface area contributed by atoms with Crippen molar-refractivity contribution < 1.29 is 14.3 Å². The second-order valence-electron chi connectivity index (χ2n) is 7.71. The number of hydrogen-bond donors (Lipinski definition) is 0. The minimum absolute atomic E-state index is 0.150. The summed E-state index contributed by atoms with van der Waals surface area (Å²) in [6.45, 7) is 2.42. The molecular weight excluding hydrogens is 382 g/mol. The zero-order valence-electron chi connectivity index (χ0n) is 16.6. The van der Waals surface area contributed by atoms with Crippen LogP contribution in [0.25, 0.3) is 16.5 Å². The van der Waals surface area contributed by atoms with Crippen LogP contribution in [0.4, 0.5) is 0 Å². The fraction of sp³-hybridized carbons (Fsp3) is 0.348. The van der Waals surface area contributed by atoms with Gasteiger partial charge in [0, 0.05) is 24.4 Å². The Kier molecular flexibility index (Phi) is 5.06. The molecule has 0 aliphatic carbocycles. The number of ether oxygens (including phenoxy) is 2. The molecular formula is C23H23N3O4. The molecule has 2 aliphatic heterocycles. The Hall–Kier alpha value is -3.03. The summed E-state index contributed by atoms with van der Waals surface area (Å²) in [6.07, 6.45) is 1.60. The van der Waals surface area contributed by atoms with Gasteiger partial charge >= 0.3 is 0 Å². The Bertz CT molecular complexity index is 1120. The molecule has 7 nitrogen and oxygen atoms in total. The van der Waals surface area contributed by atoms with Crippen molar-refractivity contribution in [2.75, 3.05) is 26.3 Å². The van der Waals surface area contributed by atoms with Crippen LogP contribution in [0, 0.1) is 5.92 Å². The SMILES string of the molecule is O=C(c1nn(-c2ccccc2)c(=O)c2ccccc12)N1CCCC(C2OCCO2)C1. The largest absolute Gasteiger partial charge is 0.350 e. The Labute approximate surface area is 173 Å². The smallest absolute Gasteiger partial charge is 0.279 e. The zero-order chi connectivity index (χ0) is 20.5. The van der Waals surface area contributed by atoms with Gasteiger partial charge in [-0.1, -0.05) is 36.4 Å². The Morgan fingerprint density at radius 2 is 1.67 bits per heavy atom. The van der Waals surface area contributed by atoms with Crippen molar-refractivity contribution in [3.05, 3.63) is 70.6 Å². The molecule has 0 bridgehead atoms. The summed E-state index contributed by atoms with van der Waals surface area (Å²) < 4.78 is 12.7. The van der Waals surface area contributed by atoms with Gasteiger partial charge in [-0.05, 0) is 31.0 Å². The molecule has 30 heavy (non-hydrogen) atoms. The molecule has 0 radical (unpaired) electrons. The van der Waals surface area contributed by atoms with E-state index < -0.39 is 0 Å². The molecule has 0 N–H and O–H groups in total. The average Bonchev–Trinajstić information content (AvgIpc) is 3.35. The number of nitrogens with zero attached hydrogens (tertiary/aromatic N) is 3. The van der Waals surface area contributed by atoms with E-state index in [9.17, 15) is 9.59 Å². The number of para-hydroxylation sites is 1. The van der Waals surface area contributed by atoms with Crippen LogP contribution in [0.2, 0.25) is 0 Å². The molecule has 0 spiro atoms. The lowest BCUT2D eigenvalue weighted by Gasteiger charge is -2.34. The first-order chi connectivity index (χ1) is 14.7. The molecule has 1 atom stereocenters. The van der Waals surface area contributed by atoms with Crippen molar-refractivity contribution in [2.45, 2.75) is 19.1 Å². The fourth-order valence-electron chi connectivity index (χ4n) is 4.31. The lowest BCUT2D eigenvalue weighted by Crippen LogP contribution is -2.44. The molecule has 2 fully saturated rings. The van der Waals surface area contributed by atoms with Crippen LogP contribution >= 0.6 is 0 Å². The second kappa shape index (κ2) is 8.01. The number of rotatable bonds is 3. The monoisotopic (exact) mass is 405 g/mol. The van der Waals surface area contributed by atoms with Gasteiger partial charge in [-0.2, -0.15) is 9.78 Å². The predicted molar refractivity (Wildman–Crippen MR) is 112 cm³/mol. The number of fused-ring (bicyclic) bond motifs is 1. The number of amides is 1. The molecule has 2 saturated heterocycles. The molecule has 3 heterocycles. The van der Waals surface area contributed by atoms with Crippen LogP contribution in [0.5, 0.6) is 0 Å². The second-order valence-corrected chi connectivity index (χ2v) is 7.71. The third kappa shape index (κ3) is 3.40. The van der Waals surface area contributed by atoms with Gasteiger partial charge < -0.3 is 14.4 Å². The summed E-state index contributed by atoms with van der Waals surface area (Å²) in [5, 5.41) is 5.58. The van der Waals surface area contributed by atoms with E-state index in [1.165, 1.54) is 4.68 Å². The molecule has 3 aromatic rings. The number of benzene rings is 2. The Morgan fingerprint density at radius 3 is 2.43 bits per heavy atom. The maximum absolute atomic E-state index is 13.5. The molecule has 0 saturated carbocycles. The number of hydrogen-bond acceptors (Lipinski definition) is 5. The van der Waals surface area contributed by atoms with E-state index in [4.69, 9.17) is 9.47 Å². The van der Waals surface area contributed by atoms with Crippen LogP contribution < -0.4 is 5.56 Å². The van der Waals surface area contributed by atoms with Crippen LogP contribution in [0.15, 0.2) is 59.4 Å². The van der Waals surface area contributed by atoms with Crippen molar-refractivity contribution in [3.8, 4) is 5.69 Å². The number of aromatic nitrogens is 2. The lowest BCUT2D eigenvalue weighted by molar-refractivity contribution is -0.0969. The number of carbonyl (C=O) groups is 1. The highest BCUT2D eigenvalue weighted by Crippen LogP contribution is 2.26. The van der Waals surface area contributed by atoms with Crippen molar-refractivity contribution >= 4 is 16.7 Å². The Morgan fingerprint density at radius 1 is 0.967 bits per heavy atom. The molecule has 1 unspecified atom stereocenters. The van der Waals surface area contributed by atoms with Gasteiger partial charge in [-0.3, -0.25) is 9.59 Å². The zero-order valence-corrected chi connectivity index (χ0v) is 16.6. The Balaban J connectivity index is 1.55. The highest BCUT2D eigenvalue weighted by molar-refractivity contribution is 6.04. The number of piperidine rings is 1. The van der Waals surface area contributed by atoms with Crippen molar-refractivity contribution in [1.29, 1.82) is 0 Å². The van der Waals surface area contributed by atoms with E-state index in [0.717, 1.165) is 12.8 Å². The predicted octanol–water partition coefficient (Wildman–Crippen LogP) is 2.61. The molecule has 2 aliphatic rings. The van der Waals surface area contributed by atoms with Gasteiger partial charge in [0.2, 0.25) is 0 Å². The van der Waals surface area contributed by atoms with E-state index in [0.29, 0.717) is 48.5 Å². The molecule has 5 rings (SSSR count). The maximum Gasteiger partial charge on any atom is 0.279 e. The summed E-state index contributed by atoms with van der Waals surface area (Å²) in [5.74, 6) is -0.0185. The van der Waals surface area contributed by atoms with Crippen LogP contribution in [0.3, 0.4) is 0 Å². The highest BCUT2D eigenvalue weighted by Gasteiger charge is 2.34. The normalized spacial score (nSPS) is 20.0. The summed E-state index contributed by atoms with van der Waals surface area (Å²) in [7, 11) is 0. The summed E-state index contributed by atoms with van der Waals surface area (Å²) >= 11 is 0. The summed E-state index contributed by atoms with van der Waals surface area (Å²) in [6, 6.07) is 16.3. The average molecular weight is 405 g/mol. The van der Waals surface area contributed by atoms with Gasteiger partial charge in [0.05, 0.1) is 24.3 Å². The van der Waals surface area contributed by atoms with Crippen molar-refractivity contribution in [1.82, 2.24) is 14.7 Å². The lowest BCUT2D eigenvalue weighted by atomic mass is 9.97. The minimum Gasteiger partial charge on any atom is -0.350 e. The maximum atomic E-state index is 13.5. The molecule has 7 heteroatoms. The fourth-order valence-corrected chi connectivity index (χ4v) is 4.31. The van der Waals surface area contributed by atoms with E-state index in [1.807, 2.05) is 41.3 Å². The van der Waals surface area contributed by atoms with Gasteiger partial charge in [0.25, 0.3) is 11.5 Å². The molecule has 154 valence electrons. The van der Waals surface area contributed by atoms with Crippen molar-refractivity contribution in [2.24, 2.45) is 5.92 Å². The van der Waals surface area contributed by atoms with Crippen LogP contribution in [0.1, 0.15) is 23.3 Å². The molecule has 2 aromatic carbocycles. The van der Waals surface area contributed by atoms with Gasteiger partial charge in [0.1, 0.15) is 0 Å². The standard InChI is InChI=1S/C23H23N3O4/c27-21-19-11-5-4-10-18(19)20(24-26(21)17-8-2-1-3-9-17)22(28)25-12-6-7-16(15-25)23-29-13-14-30-23/h1-5,8-11,16,23H,6-7,12-15H2. The number of carbonyl (C=O) groups excluding carboxylic acids is 1. The third-order valence-corrected chi connectivity index (χ3v) is 5.79. The highest BCUT2D eigenvalue weighted by atomic mass is 16.7. The third-order valence-electron chi connectivity index (χ3n) is 5.79. The summed E-state index contributed by atoms with van der Waals surface area (Å²) in [5.41, 5.74) is 0.687. The first kappa shape index (κ1) is 19.0. The van der Waals surface area contributed by atoms with E-state index in [2.05, 4.69) is 5.10 Å². The summed E-state index contributed by atoms with van der Waals surface area (Å²) in [4.78, 5) is 28.4. The van der Waals surface area contributed by atoms with E-state index in [-0.39, 0.29) is 23.7 Å². The first-order valence-electron chi connectivity index (χ1n) is 10.3. The van der Waals surface area contributed by atoms with Crippen molar-refractivity contribution in [3.63, 3.8) is 0 Å². The minimum atomic E-state index is -0.247. The van der Waals surface area contributed by atoms with E-state index in [1.54, 1.807) is 18.2 Å². The first-order valence-corrected chi connectivity index (χ1v) is 10.3. The van der Waals surface area contributed by atoms with Crippen LogP contribution in [-0.4, -0.2) is 53.2 Å². The molecule has 1 aromatic heterocycles. The van der Waals surface area contributed by atoms with Gasteiger partial charge in [0.15, 0.2) is 12.0 Å². The van der Waals surface area contributed by atoms with Gasteiger partial charge in [-0.25, -0.2) is 0 Å².